The van der Waals surface area contributed by atoms with Crippen molar-refractivity contribution in [2.75, 3.05) is 26.4 Å². The summed E-state index contributed by atoms with van der Waals surface area (Å²) in [5.74, 6) is -2.99. The van der Waals surface area contributed by atoms with Gasteiger partial charge in [-0.15, -0.1) is 0 Å². The summed E-state index contributed by atoms with van der Waals surface area (Å²) < 4.78 is 62.3. The minimum Gasteiger partial charge on any atom is -0.493 e. The number of hydrogen-bond donors (Lipinski definition) is 0. The number of ether oxygens (including phenoxy) is 6. The molecule has 0 bridgehead atoms. The maximum Gasteiger partial charge on any atom is 0.346 e. The third kappa shape index (κ3) is 29.4. The Balaban J connectivity index is 1.16. The van der Waals surface area contributed by atoms with Crippen LogP contribution in [0.2, 0.25) is 0 Å². The van der Waals surface area contributed by atoms with Crippen LogP contribution >= 0.6 is 0 Å². The minimum absolute atomic E-state index is 0.110. The molecule has 0 saturated carbocycles. The lowest BCUT2D eigenvalue weighted by Crippen LogP contribution is -2.12. The van der Waals surface area contributed by atoms with Crippen LogP contribution < -0.4 is 18.9 Å². The normalized spacial score (nSPS) is 11.0. The molecule has 0 aliphatic heterocycles. The van der Waals surface area contributed by atoms with Crippen LogP contribution in [0.3, 0.4) is 0 Å². The number of esters is 4. The fourth-order valence-electron chi connectivity index (χ4n) is 8.36. The van der Waals surface area contributed by atoms with Crippen LogP contribution in [0.25, 0.3) is 0 Å². The van der Waals surface area contributed by atoms with E-state index in [1.807, 2.05) is 0 Å². The number of halogens is 2. The molecule has 0 radical (unpaired) electrons. The summed E-state index contributed by atoms with van der Waals surface area (Å²) in [6, 6.07) is 13.7. The fourth-order valence-corrected chi connectivity index (χ4v) is 8.36. The Kier molecular flexibility index (Phi) is 33.8. The molecule has 12 heteroatoms. The first-order valence-electron chi connectivity index (χ1n) is 28.0. The van der Waals surface area contributed by atoms with E-state index in [1.54, 1.807) is 26.0 Å². The van der Waals surface area contributed by atoms with Crippen LogP contribution in [0.5, 0.6) is 23.0 Å². The van der Waals surface area contributed by atoms with Gasteiger partial charge in [-0.1, -0.05) is 180 Å². The summed E-state index contributed by atoms with van der Waals surface area (Å²) in [4.78, 5) is 48.3. The molecule has 0 fully saturated rings. The van der Waals surface area contributed by atoms with Crippen LogP contribution in [0.4, 0.5) is 8.78 Å². The van der Waals surface area contributed by atoms with Crippen molar-refractivity contribution in [1.82, 2.24) is 0 Å². The van der Waals surface area contributed by atoms with Crippen molar-refractivity contribution >= 4 is 23.9 Å². The van der Waals surface area contributed by atoms with Gasteiger partial charge in [0.2, 0.25) is 0 Å². The van der Waals surface area contributed by atoms with Gasteiger partial charge in [-0.3, -0.25) is 0 Å². The maximum atomic E-state index is 14.9. The molecule has 0 aliphatic rings. The van der Waals surface area contributed by atoms with E-state index in [0.717, 1.165) is 64.2 Å². The topological polar surface area (TPSA) is 124 Å². The average Bonchev–Trinajstić information content (AvgIpc) is 3.38. The Morgan fingerprint density at radius 1 is 0.351 bits per heavy atom. The van der Waals surface area contributed by atoms with Crippen LogP contribution in [0.1, 0.15) is 227 Å². The van der Waals surface area contributed by atoms with Crippen molar-refractivity contribution in [2.24, 2.45) is 0 Å². The molecule has 0 aliphatic carbocycles. The molecule has 410 valence electrons. The number of rotatable bonds is 44. The van der Waals surface area contributed by atoms with Gasteiger partial charge in [0.05, 0.1) is 37.6 Å². The van der Waals surface area contributed by atoms with Gasteiger partial charge in [-0.05, 0) is 88.1 Å². The third-order valence-electron chi connectivity index (χ3n) is 12.8. The number of unbranched alkanes of at least 4 members (excludes halogenated alkanes) is 28. The Hall–Kier alpha value is -5.52. The molecule has 0 unspecified atom stereocenters. The molecule has 0 amide bonds. The van der Waals surface area contributed by atoms with E-state index in [0.29, 0.717) is 49.1 Å². The van der Waals surface area contributed by atoms with Crippen molar-refractivity contribution in [3.63, 3.8) is 0 Å². The summed E-state index contributed by atoms with van der Waals surface area (Å²) >= 11 is 0. The second-order valence-corrected chi connectivity index (χ2v) is 19.7. The first-order chi connectivity index (χ1) is 35.9. The Bertz CT molecular complexity index is 1940. The van der Waals surface area contributed by atoms with Gasteiger partial charge in [0.15, 0.2) is 0 Å². The van der Waals surface area contributed by atoms with Crippen LogP contribution in [0.15, 0.2) is 85.0 Å². The number of carbonyl (C=O) groups excluding carboxylic acids is 4. The Morgan fingerprint density at radius 3 is 0.824 bits per heavy atom. The molecule has 0 heterocycles. The van der Waals surface area contributed by atoms with Crippen molar-refractivity contribution in [1.29, 1.82) is 0 Å². The second-order valence-electron chi connectivity index (χ2n) is 19.7. The Labute approximate surface area is 442 Å². The molecule has 3 aromatic rings. The molecule has 74 heavy (non-hydrogen) atoms. The highest BCUT2D eigenvalue weighted by Crippen LogP contribution is 2.25. The van der Waals surface area contributed by atoms with E-state index in [9.17, 15) is 28.0 Å². The molecule has 10 nitrogen and oxygen atoms in total. The van der Waals surface area contributed by atoms with Gasteiger partial charge in [-0.25, -0.2) is 28.0 Å². The second kappa shape index (κ2) is 39.9. The van der Waals surface area contributed by atoms with Gasteiger partial charge in [0.25, 0.3) is 0 Å². The molecular weight excluding hydrogens is 943 g/mol. The summed E-state index contributed by atoms with van der Waals surface area (Å²) in [5.41, 5.74) is 0.411. The van der Waals surface area contributed by atoms with Crippen molar-refractivity contribution in [3.8, 4) is 23.0 Å². The minimum atomic E-state index is -0.890. The van der Waals surface area contributed by atoms with E-state index < -0.39 is 23.6 Å². The molecule has 0 aromatic heterocycles. The molecule has 0 N–H and O–H groups in total. The highest BCUT2D eigenvalue weighted by Gasteiger charge is 2.18. The van der Waals surface area contributed by atoms with E-state index in [4.69, 9.17) is 28.4 Å². The highest BCUT2D eigenvalue weighted by atomic mass is 19.1. The molecule has 3 rings (SSSR count). The van der Waals surface area contributed by atoms with Gasteiger partial charge >= 0.3 is 23.9 Å². The van der Waals surface area contributed by atoms with Gasteiger partial charge in [0, 0.05) is 23.3 Å². The summed E-state index contributed by atoms with van der Waals surface area (Å²) in [6.07, 6.45) is 35.1. The molecule has 0 atom stereocenters. The predicted molar refractivity (Wildman–Crippen MR) is 290 cm³/mol. The summed E-state index contributed by atoms with van der Waals surface area (Å²) in [6.45, 7) is 12.4. The first-order valence-corrected chi connectivity index (χ1v) is 28.0. The van der Waals surface area contributed by atoms with Gasteiger partial charge in [-0.2, -0.15) is 0 Å². The number of carbonyl (C=O) groups is 4. The van der Waals surface area contributed by atoms with E-state index in [1.165, 1.54) is 177 Å². The van der Waals surface area contributed by atoms with E-state index >= 15 is 0 Å². The van der Waals surface area contributed by atoms with Crippen molar-refractivity contribution < 1.29 is 56.4 Å². The lowest BCUT2D eigenvalue weighted by Gasteiger charge is -2.10. The predicted octanol–water partition coefficient (Wildman–Crippen LogP) is 17.1. The zero-order chi connectivity index (χ0) is 53.4. The zero-order valence-electron chi connectivity index (χ0n) is 45.1. The largest absolute Gasteiger partial charge is 0.493 e. The lowest BCUT2D eigenvalue weighted by atomic mass is 10.0. The van der Waals surface area contributed by atoms with Gasteiger partial charge in [0.1, 0.15) is 34.6 Å². The average molecular weight is 1030 g/mol. The quantitative estimate of drug-likeness (QED) is 0.0234. The standard InChI is InChI=1S/C62H88F2O10/c1-49(2)59(65)71-45-33-29-25-21-17-13-9-5-7-11-15-19-23-27-31-43-69-53-39-41-55(57(63)47-53)61(67)73-51-35-37-52(38-36-51)74-62(68)56-42-40-54(48-58(56)64)70-44-32-28-24-20-16-12-8-6-10-14-18-22-26-30-34-46-72-60(66)50(3)4/h35-42,47-48H,1,3,5-34,43-46H2,2,4H3. The maximum absolute atomic E-state index is 14.9. The Morgan fingerprint density at radius 2 is 0.581 bits per heavy atom. The molecule has 0 spiro atoms. The summed E-state index contributed by atoms with van der Waals surface area (Å²) in [5, 5.41) is 0. The van der Waals surface area contributed by atoms with Crippen LogP contribution in [-0.4, -0.2) is 50.3 Å². The zero-order valence-corrected chi connectivity index (χ0v) is 45.1. The van der Waals surface area contributed by atoms with E-state index in [2.05, 4.69) is 13.2 Å². The molecular formula is C62H88F2O10. The monoisotopic (exact) mass is 1030 g/mol. The molecule has 0 saturated heterocycles. The fraction of sp³-hybridized carbons (Fsp3) is 0.581. The highest BCUT2D eigenvalue weighted by molar-refractivity contribution is 5.92. The number of hydrogen-bond acceptors (Lipinski definition) is 10. The SMILES string of the molecule is C=C(C)C(=O)OCCCCCCCCCCCCCCCCCOc1ccc(C(=O)Oc2ccc(OC(=O)c3ccc(OCCCCCCCCCCCCCCCCCOC(=O)C(=C)C)cc3F)cc2)c(F)c1. The van der Waals surface area contributed by atoms with Crippen molar-refractivity contribution in [3.05, 3.63) is 108 Å². The van der Waals surface area contributed by atoms with Crippen LogP contribution in [0, 0.1) is 11.6 Å². The molecule has 3 aromatic carbocycles. The lowest BCUT2D eigenvalue weighted by molar-refractivity contribution is -0.139. The first kappa shape index (κ1) is 62.8. The smallest absolute Gasteiger partial charge is 0.346 e. The van der Waals surface area contributed by atoms with Crippen molar-refractivity contribution in [2.45, 2.75) is 206 Å². The third-order valence-corrected chi connectivity index (χ3v) is 12.8. The van der Waals surface area contributed by atoms with E-state index in [-0.39, 0.29) is 34.6 Å². The summed E-state index contributed by atoms with van der Waals surface area (Å²) in [7, 11) is 0. The van der Waals surface area contributed by atoms with Gasteiger partial charge < -0.3 is 28.4 Å². The number of benzene rings is 3. The van der Waals surface area contributed by atoms with Crippen LogP contribution in [-0.2, 0) is 19.1 Å².